The molecule has 0 radical (unpaired) electrons. The molecule has 0 aliphatic heterocycles. The molecule has 0 spiro atoms. The third-order valence-electron chi connectivity index (χ3n) is 3.43. The number of methoxy groups -OCH3 is 1. The molecule has 1 aliphatic rings. The molecule has 1 aromatic rings. The van der Waals surface area contributed by atoms with Crippen LogP contribution in [-0.2, 0) is 6.54 Å². The van der Waals surface area contributed by atoms with E-state index in [0.717, 1.165) is 12.3 Å². The van der Waals surface area contributed by atoms with Crippen LogP contribution in [0.4, 0.5) is 0 Å². The summed E-state index contributed by atoms with van der Waals surface area (Å²) < 4.78 is 5.56. The van der Waals surface area contributed by atoms with Crippen LogP contribution in [0.25, 0.3) is 5.57 Å². The molecule has 18 heavy (non-hydrogen) atoms. The van der Waals surface area contributed by atoms with Crippen molar-refractivity contribution in [3.8, 4) is 5.75 Å². The van der Waals surface area contributed by atoms with Crippen molar-refractivity contribution in [2.45, 2.75) is 32.2 Å². The zero-order valence-electron chi connectivity index (χ0n) is 11.7. The lowest BCUT2D eigenvalue weighted by molar-refractivity contribution is 0.393. The number of nitrogens with zero attached hydrogens (tertiary/aromatic N) is 1. The zero-order valence-corrected chi connectivity index (χ0v) is 11.7. The van der Waals surface area contributed by atoms with E-state index in [1.54, 1.807) is 7.11 Å². The lowest BCUT2D eigenvalue weighted by Crippen LogP contribution is -2.13. The minimum atomic E-state index is 0.962. The van der Waals surface area contributed by atoms with E-state index < -0.39 is 0 Å². The van der Waals surface area contributed by atoms with Gasteiger partial charge in [0.15, 0.2) is 0 Å². The summed E-state index contributed by atoms with van der Waals surface area (Å²) in [5, 5.41) is 0. The fourth-order valence-corrected chi connectivity index (χ4v) is 2.65. The fraction of sp³-hybridized carbons (Fsp3) is 0.500. The molecular weight excluding hydrogens is 222 g/mol. The number of hydrogen-bond donors (Lipinski definition) is 0. The lowest BCUT2D eigenvalue weighted by atomic mass is 9.90. The summed E-state index contributed by atoms with van der Waals surface area (Å²) in [6, 6.07) is 6.38. The van der Waals surface area contributed by atoms with Gasteiger partial charge in [0.1, 0.15) is 5.75 Å². The molecule has 0 saturated carbocycles. The third kappa shape index (κ3) is 2.94. The lowest BCUT2D eigenvalue weighted by Gasteiger charge is -2.21. The van der Waals surface area contributed by atoms with Crippen LogP contribution in [-0.4, -0.2) is 26.1 Å². The van der Waals surface area contributed by atoms with Crippen LogP contribution >= 0.6 is 0 Å². The summed E-state index contributed by atoms with van der Waals surface area (Å²) in [6.07, 6.45) is 7.39. The second-order valence-electron chi connectivity index (χ2n) is 5.21. The zero-order chi connectivity index (χ0) is 13.0. The molecule has 2 rings (SSSR count). The van der Waals surface area contributed by atoms with E-state index in [2.05, 4.69) is 43.3 Å². The first kappa shape index (κ1) is 13.2. The molecule has 2 heteroatoms. The maximum atomic E-state index is 5.56. The first-order valence-electron chi connectivity index (χ1n) is 6.72. The Hall–Kier alpha value is -1.28. The maximum absolute atomic E-state index is 5.56. The number of benzene rings is 1. The average molecular weight is 245 g/mol. The normalized spacial score (nSPS) is 15.7. The van der Waals surface area contributed by atoms with Gasteiger partial charge in [-0.2, -0.15) is 0 Å². The van der Waals surface area contributed by atoms with Gasteiger partial charge in [0, 0.05) is 12.1 Å². The second kappa shape index (κ2) is 6.05. The first-order valence-corrected chi connectivity index (χ1v) is 6.72. The topological polar surface area (TPSA) is 12.5 Å². The molecule has 2 nitrogen and oxygen atoms in total. The molecule has 0 N–H and O–H groups in total. The van der Waals surface area contributed by atoms with Crippen molar-refractivity contribution >= 4 is 5.57 Å². The summed E-state index contributed by atoms with van der Waals surface area (Å²) in [5.41, 5.74) is 4.16. The number of rotatable bonds is 4. The van der Waals surface area contributed by atoms with E-state index in [-0.39, 0.29) is 0 Å². The molecule has 0 saturated heterocycles. The van der Waals surface area contributed by atoms with Crippen LogP contribution in [0.2, 0.25) is 0 Å². The van der Waals surface area contributed by atoms with E-state index in [4.69, 9.17) is 4.74 Å². The van der Waals surface area contributed by atoms with Crippen LogP contribution in [0.1, 0.15) is 36.8 Å². The highest BCUT2D eigenvalue weighted by Gasteiger charge is 2.15. The van der Waals surface area contributed by atoms with E-state index in [9.17, 15) is 0 Å². The monoisotopic (exact) mass is 245 g/mol. The Kier molecular flexibility index (Phi) is 4.43. The first-order chi connectivity index (χ1) is 8.72. The van der Waals surface area contributed by atoms with Gasteiger partial charge in [-0.05, 0) is 57.0 Å². The van der Waals surface area contributed by atoms with Gasteiger partial charge in [0.2, 0.25) is 0 Å². The van der Waals surface area contributed by atoms with Gasteiger partial charge in [-0.25, -0.2) is 0 Å². The minimum Gasteiger partial charge on any atom is -0.496 e. The molecule has 1 aliphatic carbocycles. The summed E-state index contributed by atoms with van der Waals surface area (Å²) >= 11 is 0. The van der Waals surface area contributed by atoms with Crippen LogP contribution in [0.15, 0.2) is 24.3 Å². The highest BCUT2D eigenvalue weighted by Crippen LogP contribution is 2.35. The fourth-order valence-electron chi connectivity index (χ4n) is 2.65. The van der Waals surface area contributed by atoms with Crippen LogP contribution in [0.3, 0.4) is 0 Å². The van der Waals surface area contributed by atoms with Crippen molar-refractivity contribution in [1.29, 1.82) is 0 Å². The number of ether oxygens (including phenoxy) is 1. The van der Waals surface area contributed by atoms with Crippen molar-refractivity contribution in [1.82, 2.24) is 4.90 Å². The van der Waals surface area contributed by atoms with Gasteiger partial charge in [-0.3, -0.25) is 0 Å². The highest BCUT2D eigenvalue weighted by atomic mass is 16.5. The number of allylic oxidation sites excluding steroid dienone is 2. The van der Waals surface area contributed by atoms with Gasteiger partial charge >= 0.3 is 0 Å². The highest BCUT2D eigenvalue weighted by molar-refractivity contribution is 5.73. The molecular formula is C16H23NO. The van der Waals surface area contributed by atoms with E-state index in [0.29, 0.717) is 0 Å². The van der Waals surface area contributed by atoms with Crippen molar-refractivity contribution in [3.63, 3.8) is 0 Å². The summed E-state index contributed by atoms with van der Waals surface area (Å²) in [6.45, 7) is 0.962. The molecule has 0 bridgehead atoms. The van der Waals surface area contributed by atoms with E-state index >= 15 is 0 Å². The van der Waals surface area contributed by atoms with Crippen molar-refractivity contribution in [2.75, 3.05) is 21.2 Å². The van der Waals surface area contributed by atoms with Crippen molar-refractivity contribution < 1.29 is 4.74 Å². The minimum absolute atomic E-state index is 0.962. The molecule has 0 aromatic heterocycles. The molecule has 0 unspecified atom stereocenters. The van der Waals surface area contributed by atoms with Gasteiger partial charge < -0.3 is 9.64 Å². The Bertz CT molecular complexity index is 435. The van der Waals surface area contributed by atoms with Crippen molar-refractivity contribution in [3.05, 3.63) is 35.4 Å². The Labute approximate surface area is 110 Å². The molecule has 0 heterocycles. The van der Waals surface area contributed by atoms with Gasteiger partial charge in [0.25, 0.3) is 0 Å². The average Bonchev–Trinajstić information content (AvgIpc) is 2.38. The van der Waals surface area contributed by atoms with E-state index in [1.165, 1.54) is 42.4 Å². The molecule has 0 atom stereocenters. The molecule has 0 fully saturated rings. The van der Waals surface area contributed by atoms with Crippen LogP contribution in [0, 0.1) is 0 Å². The Morgan fingerprint density at radius 3 is 2.67 bits per heavy atom. The summed E-state index contributed by atoms with van der Waals surface area (Å²) in [5.74, 6) is 1.02. The predicted molar refractivity (Wildman–Crippen MR) is 76.8 cm³/mol. The predicted octanol–water partition coefficient (Wildman–Crippen LogP) is 3.71. The Morgan fingerprint density at radius 1 is 1.22 bits per heavy atom. The molecule has 1 aromatic carbocycles. The summed E-state index contributed by atoms with van der Waals surface area (Å²) in [4.78, 5) is 2.21. The third-order valence-corrected chi connectivity index (χ3v) is 3.43. The second-order valence-corrected chi connectivity index (χ2v) is 5.21. The molecule has 0 amide bonds. The van der Waals surface area contributed by atoms with Gasteiger partial charge in [-0.1, -0.05) is 18.2 Å². The largest absolute Gasteiger partial charge is 0.496 e. The maximum Gasteiger partial charge on any atom is 0.126 e. The SMILES string of the molecule is COc1cccc(CN(C)C)c1C1=CCCCC1. The van der Waals surface area contributed by atoms with Crippen molar-refractivity contribution in [2.24, 2.45) is 0 Å². The Morgan fingerprint density at radius 2 is 2.06 bits per heavy atom. The van der Waals surface area contributed by atoms with Crippen LogP contribution < -0.4 is 4.74 Å². The summed E-state index contributed by atoms with van der Waals surface area (Å²) in [7, 11) is 5.98. The number of hydrogen-bond acceptors (Lipinski definition) is 2. The smallest absolute Gasteiger partial charge is 0.126 e. The quantitative estimate of drug-likeness (QED) is 0.801. The van der Waals surface area contributed by atoms with E-state index in [1.807, 2.05) is 0 Å². The molecule has 98 valence electrons. The Balaban J connectivity index is 2.43. The standard InChI is InChI=1S/C16H23NO/c1-17(2)12-14-10-7-11-15(18-3)16(14)13-8-5-4-6-9-13/h7-8,10-11H,4-6,9,12H2,1-3H3. The van der Waals surface area contributed by atoms with Gasteiger partial charge in [-0.15, -0.1) is 0 Å². The van der Waals surface area contributed by atoms with Crippen LogP contribution in [0.5, 0.6) is 5.75 Å². The van der Waals surface area contributed by atoms with Gasteiger partial charge in [0.05, 0.1) is 7.11 Å².